The standard InChI is InChI=1S/C15H19BrN2O3/c1-2-15(14(20)21)6-3-7-18(9-15)12-5-4-10(13(17)19)8-11(12)16/h4-5,8H,2-3,6-7,9H2,1H3,(H2,17,19)(H,20,21). The fourth-order valence-corrected chi connectivity index (χ4v) is 3.50. The summed E-state index contributed by atoms with van der Waals surface area (Å²) in [5.41, 5.74) is 5.90. The van der Waals surface area contributed by atoms with Crippen molar-refractivity contribution < 1.29 is 14.7 Å². The second-order valence-corrected chi connectivity index (χ2v) is 6.35. The van der Waals surface area contributed by atoms with Crippen LogP contribution >= 0.6 is 15.9 Å². The number of piperidine rings is 1. The fourth-order valence-electron chi connectivity index (χ4n) is 2.87. The average Bonchev–Trinajstić information content (AvgIpc) is 2.46. The van der Waals surface area contributed by atoms with Crippen LogP contribution in [0.15, 0.2) is 22.7 Å². The largest absolute Gasteiger partial charge is 0.481 e. The van der Waals surface area contributed by atoms with Crippen molar-refractivity contribution >= 4 is 33.5 Å². The summed E-state index contributed by atoms with van der Waals surface area (Å²) in [6.07, 6.45) is 2.15. The van der Waals surface area contributed by atoms with E-state index in [1.54, 1.807) is 12.1 Å². The Balaban J connectivity index is 2.30. The van der Waals surface area contributed by atoms with E-state index in [0.29, 0.717) is 24.9 Å². The molecule has 0 saturated carbocycles. The van der Waals surface area contributed by atoms with Gasteiger partial charge in [0.05, 0.1) is 11.1 Å². The first-order chi connectivity index (χ1) is 9.89. The SMILES string of the molecule is CCC1(C(=O)O)CCCN(c2ccc(C(N)=O)cc2Br)C1. The van der Waals surface area contributed by atoms with E-state index in [1.807, 2.05) is 13.0 Å². The van der Waals surface area contributed by atoms with E-state index < -0.39 is 17.3 Å². The molecule has 1 aromatic carbocycles. The Hall–Kier alpha value is -1.56. The molecule has 1 aliphatic rings. The predicted molar refractivity (Wildman–Crippen MR) is 84.5 cm³/mol. The van der Waals surface area contributed by atoms with Gasteiger partial charge in [0.1, 0.15) is 0 Å². The Morgan fingerprint density at radius 3 is 2.71 bits per heavy atom. The smallest absolute Gasteiger partial charge is 0.311 e. The monoisotopic (exact) mass is 354 g/mol. The van der Waals surface area contributed by atoms with Crippen molar-refractivity contribution in [3.05, 3.63) is 28.2 Å². The van der Waals surface area contributed by atoms with Gasteiger partial charge in [-0.15, -0.1) is 0 Å². The van der Waals surface area contributed by atoms with Gasteiger partial charge >= 0.3 is 5.97 Å². The fraction of sp³-hybridized carbons (Fsp3) is 0.467. The third-order valence-electron chi connectivity index (χ3n) is 4.28. The molecule has 6 heteroatoms. The lowest BCUT2D eigenvalue weighted by Crippen LogP contribution is -2.47. The topological polar surface area (TPSA) is 83.6 Å². The van der Waals surface area contributed by atoms with Crippen molar-refractivity contribution in [3.8, 4) is 0 Å². The second kappa shape index (κ2) is 6.05. The lowest BCUT2D eigenvalue weighted by atomic mass is 9.77. The Bertz CT molecular complexity index is 576. The summed E-state index contributed by atoms with van der Waals surface area (Å²) in [6, 6.07) is 5.17. The predicted octanol–water partition coefficient (Wildman–Crippen LogP) is 2.63. The normalized spacial score (nSPS) is 22.1. The molecule has 1 unspecified atom stereocenters. The Kier molecular flexibility index (Phi) is 4.56. The van der Waals surface area contributed by atoms with E-state index in [4.69, 9.17) is 5.73 Å². The third-order valence-corrected chi connectivity index (χ3v) is 4.92. The van der Waals surface area contributed by atoms with Gasteiger partial charge in [-0.25, -0.2) is 0 Å². The van der Waals surface area contributed by atoms with Gasteiger partial charge < -0.3 is 15.7 Å². The number of carboxylic acids is 1. The van der Waals surface area contributed by atoms with Crippen LogP contribution in [0, 0.1) is 5.41 Å². The van der Waals surface area contributed by atoms with Crippen LogP contribution in [0.3, 0.4) is 0 Å². The van der Waals surface area contributed by atoms with E-state index in [9.17, 15) is 14.7 Å². The number of nitrogens with zero attached hydrogens (tertiary/aromatic N) is 1. The minimum absolute atomic E-state index is 0.433. The molecule has 21 heavy (non-hydrogen) atoms. The molecule has 1 amide bonds. The molecule has 1 heterocycles. The lowest BCUT2D eigenvalue weighted by molar-refractivity contribution is -0.149. The van der Waals surface area contributed by atoms with Crippen molar-refractivity contribution in [1.82, 2.24) is 0 Å². The van der Waals surface area contributed by atoms with Gasteiger partial charge in [-0.05, 0) is 53.4 Å². The van der Waals surface area contributed by atoms with Crippen LogP contribution in [0.25, 0.3) is 0 Å². The Labute approximate surface area is 132 Å². The van der Waals surface area contributed by atoms with Gasteiger partial charge in [-0.2, -0.15) is 0 Å². The number of benzene rings is 1. The molecule has 1 aromatic rings. The van der Waals surface area contributed by atoms with Crippen molar-refractivity contribution in [2.24, 2.45) is 11.1 Å². The number of amides is 1. The number of halogens is 1. The molecule has 5 nitrogen and oxygen atoms in total. The summed E-state index contributed by atoms with van der Waals surface area (Å²) in [5.74, 6) is -1.21. The highest BCUT2D eigenvalue weighted by Crippen LogP contribution is 2.38. The zero-order valence-corrected chi connectivity index (χ0v) is 13.5. The molecular weight excluding hydrogens is 336 g/mol. The molecule has 3 N–H and O–H groups in total. The van der Waals surface area contributed by atoms with Gasteiger partial charge in [0.25, 0.3) is 0 Å². The number of rotatable bonds is 4. The van der Waals surface area contributed by atoms with Crippen LogP contribution in [-0.2, 0) is 4.79 Å². The number of carbonyl (C=O) groups excluding carboxylic acids is 1. The van der Waals surface area contributed by atoms with E-state index in [-0.39, 0.29) is 0 Å². The van der Waals surface area contributed by atoms with Gasteiger partial charge in [-0.3, -0.25) is 9.59 Å². The van der Waals surface area contributed by atoms with Gasteiger partial charge in [0.15, 0.2) is 0 Å². The number of anilines is 1. The number of hydrogen-bond acceptors (Lipinski definition) is 3. The van der Waals surface area contributed by atoms with Crippen LogP contribution in [0.2, 0.25) is 0 Å². The van der Waals surface area contributed by atoms with Crippen molar-refractivity contribution in [2.45, 2.75) is 26.2 Å². The lowest BCUT2D eigenvalue weighted by Gasteiger charge is -2.41. The number of hydrogen-bond donors (Lipinski definition) is 2. The molecule has 0 aliphatic carbocycles. The first-order valence-electron chi connectivity index (χ1n) is 6.97. The third kappa shape index (κ3) is 3.05. The van der Waals surface area contributed by atoms with Gasteiger partial charge in [0, 0.05) is 23.1 Å². The first kappa shape index (κ1) is 15.8. The van der Waals surface area contributed by atoms with E-state index in [1.165, 1.54) is 0 Å². The number of carbonyl (C=O) groups is 2. The van der Waals surface area contributed by atoms with Crippen LogP contribution in [-0.4, -0.2) is 30.1 Å². The molecule has 1 fully saturated rings. The summed E-state index contributed by atoms with van der Waals surface area (Å²) in [7, 11) is 0. The maximum Gasteiger partial charge on any atom is 0.311 e. The molecule has 0 aromatic heterocycles. The van der Waals surface area contributed by atoms with Gasteiger partial charge in [0.2, 0.25) is 5.91 Å². The van der Waals surface area contributed by atoms with Gasteiger partial charge in [-0.1, -0.05) is 6.92 Å². The summed E-state index contributed by atoms with van der Waals surface area (Å²) in [4.78, 5) is 24.9. The molecule has 0 bridgehead atoms. The maximum absolute atomic E-state index is 11.6. The summed E-state index contributed by atoms with van der Waals surface area (Å²) >= 11 is 3.45. The molecule has 2 rings (SSSR count). The van der Waals surface area contributed by atoms with Crippen LogP contribution in [0.1, 0.15) is 36.5 Å². The van der Waals surface area contributed by atoms with E-state index >= 15 is 0 Å². The second-order valence-electron chi connectivity index (χ2n) is 5.49. The zero-order chi connectivity index (χ0) is 15.6. The zero-order valence-electron chi connectivity index (χ0n) is 11.9. The summed E-state index contributed by atoms with van der Waals surface area (Å²) in [5, 5.41) is 9.54. The Morgan fingerprint density at radius 1 is 1.48 bits per heavy atom. The van der Waals surface area contributed by atoms with E-state index in [2.05, 4.69) is 20.8 Å². The molecule has 1 atom stereocenters. The molecule has 114 valence electrons. The summed E-state index contributed by atoms with van der Waals surface area (Å²) in [6.45, 7) is 3.21. The molecule has 0 radical (unpaired) electrons. The highest BCUT2D eigenvalue weighted by atomic mass is 79.9. The molecule has 0 spiro atoms. The van der Waals surface area contributed by atoms with Crippen LogP contribution in [0.4, 0.5) is 5.69 Å². The average molecular weight is 355 g/mol. The van der Waals surface area contributed by atoms with Crippen LogP contribution < -0.4 is 10.6 Å². The number of nitrogens with two attached hydrogens (primary N) is 1. The van der Waals surface area contributed by atoms with Crippen molar-refractivity contribution in [2.75, 3.05) is 18.0 Å². The quantitative estimate of drug-likeness (QED) is 0.870. The number of carboxylic acid groups (broad SMARTS) is 1. The summed E-state index contributed by atoms with van der Waals surface area (Å²) < 4.78 is 0.760. The minimum Gasteiger partial charge on any atom is -0.481 e. The van der Waals surface area contributed by atoms with Crippen molar-refractivity contribution in [3.63, 3.8) is 0 Å². The molecule has 1 aliphatic heterocycles. The maximum atomic E-state index is 11.6. The first-order valence-corrected chi connectivity index (χ1v) is 7.76. The molecular formula is C15H19BrN2O3. The highest BCUT2D eigenvalue weighted by molar-refractivity contribution is 9.10. The minimum atomic E-state index is -0.737. The Morgan fingerprint density at radius 2 is 2.19 bits per heavy atom. The number of primary amides is 1. The van der Waals surface area contributed by atoms with Crippen molar-refractivity contribution in [1.29, 1.82) is 0 Å². The highest BCUT2D eigenvalue weighted by Gasteiger charge is 2.41. The molecule has 1 saturated heterocycles. The number of aliphatic carboxylic acids is 1. The van der Waals surface area contributed by atoms with E-state index in [0.717, 1.165) is 23.1 Å². The van der Waals surface area contributed by atoms with Crippen LogP contribution in [0.5, 0.6) is 0 Å².